The van der Waals surface area contributed by atoms with Gasteiger partial charge in [-0.05, 0) is 12.1 Å². The van der Waals surface area contributed by atoms with Crippen LogP contribution in [-0.2, 0) is 4.79 Å². The van der Waals surface area contributed by atoms with Crippen LogP contribution in [0.1, 0.15) is 23.8 Å². The number of aromatic nitrogens is 1. The molecule has 4 nitrogen and oxygen atoms in total. The highest BCUT2D eigenvalue weighted by Crippen LogP contribution is 2.14. The molecule has 1 aliphatic rings. The van der Waals surface area contributed by atoms with Crippen LogP contribution in [0.25, 0.3) is 0 Å². The second-order valence-electron chi connectivity index (χ2n) is 4.08. The first-order chi connectivity index (χ1) is 7.68. The van der Waals surface area contributed by atoms with Gasteiger partial charge in [0.2, 0.25) is 0 Å². The van der Waals surface area contributed by atoms with E-state index >= 15 is 0 Å². The van der Waals surface area contributed by atoms with E-state index < -0.39 is 0 Å². The molecule has 0 spiro atoms. The normalized spacial score (nSPS) is 20.9. The molecule has 1 amide bonds. The molecule has 0 aliphatic carbocycles. The Morgan fingerprint density at radius 1 is 1.50 bits per heavy atom. The predicted molar refractivity (Wildman–Crippen MR) is 58.9 cm³/mol. The van der Waals surface area contributed by atoms with Gasteiger partial charge < -0.3 is 4.90 Å². The van der Waals surface area contributed by atoms with E-state index in [2.05, 4.69) is 4.98 Å². The van der Waals surface area contributed by atoms with Crippen molar-refractivity contribution in [3.8, 4) is 0 Å². The molecule has 2 heterocycles. The maximum Gasteiger partial charge on any atom is 0.272 e. The van der Waals surface area contributed by atoms with Gasteiger partial charge in [-0.1, -0.05) is 13.0 Å². The number of hydrogen-bond donors (Lipinski definition) is 0. The zero-order valence-electron chi connectivity index (χ0n) is 9.22. The average molecular weight is 218 g/mol. The zero-order valence-corrected chi connectivity index (χ0v) is 9.22. The number of rotatable bonds is 1. The summed E-state index contributed by atoms with van der Waals surface area (Å²) in [6.45, 7) is 2.88. The Bertz CT molecular complexity index is 403. The molecule has 2 rings (SSSR count). The van der Waals surface area contributed by atoms with Crippen LogP contribution in [0.15, 0.2) is 24.4 Å². The topological polar surface area (TPSA) is 50.3 Å². The van der Waals surface area contributed by atoms with Gasteiger partial charge in [0.05, 0.1) is 0 Å². The molecule has 1 unspecified atom stereocenters. The minimum atomic E-state index is -0.0834. The minimum Gasteiger partial charge on any atom is -0.336 e. The van der Waals surface area contributed by atoms with Crippen LogP contribution < -0.4 is 0 Å². The first kappa shape index (κ1) is 10.8. The third-order valence-electron chi connectivity index (χ3n) is 2.84. The Hall–Kier alpha value is -1.71. The van der Waals surface area contributed by atoms with Gasteiger partial charge >= 0.3 is 0 Å². The lowest BCUT2D eigenvalue weighted by atomic mass is 9.98. The quantitative estimate of drug-likeness (QED) is 0.710. The van der Waals surface area contributed by atoms with Crippen LogP contribution >= 0.6 is 0 Å². The lowest BCUT2D eigenvalue weighted by Gasteiger charge is -2.29. The van der Waals surface area contributed by atoms with E-state index in [1.807, 2.05) is 6.92 Å². The zero-order chi connectivity index (χ0) is 11.5. The average Bonchev–Trinajstić information content (AvgIpc) is 2.33. The Morgan fingerprint density at radius 3 is 2.94 bits per heavy atom. The molecule has 1 aromatic rings. The van der Waals surface area contributed by atoms with Crippen LogP contribution in [-0.4, -0.2) is 34.7 Å². The number of nitrogens with zero attached hydrogens (tertiary/aromatic N) is 2. The van der Waals surface area contributed by atoms with Crippen LogP contribution in [0.5, 0.6) is 0 Å². The van der Waals surface area contributed by atoms with Crippen molar-refractivity contribution in [2.24, 2.45) is 5.92 Å². The molecule has 1 aliphatic heterocycles. The number of Topliss-reactive ketones (excluding diaryl/α,β-unsaturated/α-hetero) is 1. The summed E-state index contributed by atoms with van der Waals surface area (Å²) in [7, 11) is 0. The lowest BCUT2D eigenvalue weighted by molar-refractivity contribution is -0.124. The van der Waals surface area contributed by atoms with Crippen molar-refractivity contribution < 1.29 is 9.59 Å². The summed E-state index contributed by atoms with van der Waals surface area (Å²) >= 11 is 0. The summed E-state index contributed by atoms with van der Waals surface area (Å²) < 4.78 is 0. The number of likely N-dealkylation sites (tertiary alicyclic amines) is 1. The molecular formula is C12H14N2O2. The number of carbonyl (C=O) groups excluding carboxylic acids is 2. The lowest BCUT2D eigenvalue weighted by Crippen LogP contribution is -2.43. The highest BCUT2D eigenvalue weighted by Gasteiger charge is 2.27. The van der Waals surface area contributed by atoms with Crippen molar-refractivity contribution in [2.75, 3.05) is 13.1 Å². The summed E-state index contributed by atoms with van der Waals surface area (Å²) in [5.74, 6) is 0.103. The molecular weight excluding hydrogens is 204 g/mol. The fourth-order valence-corrected chi connectivity index (χ4v) is 1.85. The number of carbonyl (C=O) groups is 2. The highest BCUT2D eigenvalue weighted by molar-refractivity contribution is 5.94. The molecule has 1 aromatic heterocycles. The van der Waals surface area contributed by atoms with Gasteiger partial charge in [-0.15, -0.1) is 0 Å². The second kappa shape index (κ2) is 4.43. The van der Waals surface area contributed by atoms with Crippen LogP contribution in [0, 0.1) is 5.92 Å². The Labute approximate surface area is 94.3 Å². The third-order valence-corrected chi connectivity index (χ3v) is 2.84. The van der Waals surface area contributed by atoms with Crippen LogP contribution in [0.4, 0.5) is 0 Å². The first-order valence-corrected chi connectivity index (χ1v) is 5.41. The van der Waals surface area contributed by atoms with Gasteiger partial charge in [-0.3, -0.25) is 14.6 Å². The number of piperidine rings is 1. The van der Waals surface area contributed by atoms with Gasteiger partial charge in [0.1, 0.15) is 11.5 Å². The van der Waals surface area contributed by atoms with Crippen LogP contribution in [0.2, 0.25) is 0 Å². The SMILES string of the molecule is CC1CN(C(=O)c2ccccn2)CCC1=O. The third kappa shape index (κ3) is 2.10. The molecule has 16 heavy (non-hydrogen) atoms. The first-order valence-electron chi connectivity index (χ1n) is 5.41. The summed E-state index contributed by atoms with van der Waals surface area (Å²) in [5, 5.41) is 0. The molecule has 1 fully saturated rings. The van der Waals surface area contributed by atoms with Crippen molar-refractivity contribution in [3.63, 3.8) is 0 Å². The van der Waals surface area contributed by atoms with Gasteiger partial charge in [0, 0.05) is 31.6 Å². The fourth-order valence-electron chi connectivity index (χ4n) is 1.85. The second-order valence-corrected chi connectivity index (χ2v) is 4.08. The molecule has 0 bridgehead atoms. The molecule has 1 saturated heterocycles. The largest absolute Gasteiger partial charge is 0.336 e. The van der Waals surface area contributed by atoms with E-state index in [4.69, 9.17) is 0 Å². The van der Waals surface area contributed by atoms with E-state index in [0.717, 1.165) is 0 Å². The summed E-state index contributed by atoms with van der Waals surface area (Å²) in [5.41, 5.74) is 0.448. The predicted octanol–water partition coefficient (Wildman–Crippen LogP) is 1.13. The summed E-state index contributed by atoms with van der Waals surface area (Å²) in [6.07, 6.45) is 2.06. The smallest absolute Gasteiger partial charge is 0.272 e. The molecule has 1 atom stereocenters. The molecule has 84 valence electrons. The van der Waals surface area contributed by atoms with Crippen molar-refractivity contribution in [2.45, 2.75) is 13.3 Å². The van der Waals surface area contributed by atoms with Crippen LogP contribution in [0.3, 0.4) is 0 Å². The maximum absolute atomic E-state index is 12.0. The Balaban J connectivity index is 2.09. The fraction of sp³-hybridized carbons (Fsp3) is 0.417. The maximum atomic E-state index is 12.0. The minimum absolute atomic E-state index is 0.0542. The molecule has 0 aromatic carbocycles. The molecule has 0 N–H and O–H groups in total. The van der Waals surface area contributed by atoms with E-state index in [9.17, 15) is 9.59 Å². The monoisotopic (exact) mass is 218 g/mol. The standard InChI is InChI=1S/C12H14N2O2/c1-9-8-14(7-5-11(9)15)12(16)10-4-2-3-6-13-10/h2-4,6,9H,5,7-8H2,1H3. The number of pyridine rings is 1. The van der Waals surface area contributed by atoms with Gasteiger partial charge in [-0.25, -0.2) is 0 Å². The van der Waals surface area contributed by atoms with Crippen molar-refractivity contribution >= 4 is 11.7 Å². The van der Waals surface area contributed by atoms with E-state index in [-0.39, 0.29) is 17.6 Å². The Morgan fingerprint density at radius 2 is 2.31 bits per heavy atom. The van der Waals surface area contributed by atoms with Crippen molar-refractivity contribution in [1.29, 1.82) is 0 Å². The van der Waals surface area contributed by atoms with E-state index in [0.29, 0.717) is 25.2 Å². The van der Waals surface area contributed by atoms with Gasteiger partial charge in [0.25, 0.3) is 5.91 Å². The molecule has 0 radical (unpaired) electrons. The highest BCUT2D eigenvalue weighted by atomic mass is 16.2. The molecule has 4 heteroatoms. The van der Waals surface area contributed by atoms with Gasteiger partial charge in [0.15, 0.2) is 0 Å². The number of amides is 1. The van der Waals surface area contributed by atoms with Crippen molar-refractivity contribution in [1.82, 2.24) is 9.88 Å². The summed E-state index contributed by atoms with van der Waals surface area (Å²) in [6, 6.07) is 5.27. The summed E-state index contributed by atoms with van der Waals surface area (Å²) in [4.78, 5) is 29.1. The van der Waals surface area contributed by atoms with Crippen molar-refractivity contribution in [3.05, 3.63) is 30.1 Å². The van der Waals surface area contributed by atoms with E-state index in [1.165, 1.54) is 0 Å². The number of ketones is 1. The molecule has 0 saturated carbocycles. The number of hydrogen-bond acceptors (Lipinski definition) is 3. The van der Waals surface area contributed by atoms with Gasteiger partial charge in [-0.2, -0.15) is 0 Å². The van der Waals surface area contributed by atoms with E-state index in [1.54, 1.807) is 29.3 Å². The Kier molecular flexibility index (Phi) is 2.99.